The molecule has 1 unspecified atom stereocenters. The van der Waals surface area contributed by atoms with Crippen molar-refractivity contribution in [3.8, 4) is 11.5 Å². The maximum absolute atomic E-state index is 5.90. The van der Waals surface area contributed by atoms with Crippen LogP contribution in [-0.4, -0.2) is 37.7 Å². The molecule has 2 N–H and O–H groups in total. The number of aromatic nitrogens is 1. The summed E-state index contributed by atoms with van der Waals surface area (Å²) in [7, 11) is 3.40. The summed E-state index contributed by atoms with van der Waals surface area (Å²) in [5.41, 5.74) is 1.03. The molecule has 0 aliphatic rings. The molecule has 0 radical (unpaired) electrons. The first-order valence-electron chi connectivity index (χ1n) is 8.33. The quantitative estimate of drug-likeness (QED) is 0.337. The highest BCUT2D eigenvalue weighted by Crippen LogP contribution is 2.19. The summed E-state index contributed by atoms with van der Waals surface area (Å²) in [5, 5.41) is 9.77. The summed E-state index contributed by atoms with van der Waals surface area (Å²) < 4.78 is 11.1. The van der Waals surface area contributed by atoms with Crippen LogP contribution in [0.25, 0.3) is 0 Å². The fraction of sp³-hybridized carbons (Fsp3) is 0.444. The Bertz CT molecular complexity index is 693. The van der Waals surface area contributed by atoms with Gasteiger partial charge in [0.25, 0.3) is 0 Å². The number of benzene rings is 1. The molecule has 1 aromatic carbocycles. The van der Waals surface area contributed by atoms with Crippen molar-refractivity contribution in [1.29, 1.82) is 0 Å². The lowest BCUT2D eigenvalue weighted by molar-refractivity contribution is 0.223. The van der Waals surface area contributed by atoms with Crippen molar-refractivity contribution < 1.29 is 9.47 Å². The van der Waals surface area contributed by atoms with Crippen LogP contribution in [0.5, 0.6) is 11.5 Å². The van der Waals surface area contributed by atoms with Crippen LogP contribution in [0.4, 0.5) is 0 Å². The van der Waals surface area contributed by atoms with E-state index in [1.54, 1.807) is 25.5 Å². The number of aliphatic imine (C=N–C) groups is 1. The smallest absolute Gasteiger partial charge is 0.191 e. The second-order valence-electron chi connectivity index (χ2n) is 5.50. The molecule has 1 atom stereocenters. The van der Waals surface area contributed by atoms with Gasteiger partial charge in [-0.3, -0.25) is 4.99 Å². The Morgan fingerprint density at radius 1 is 1.31 bits per heavy atom. The van der Waals surface area contributed by atoms with Gasteiger partial charge in [-0.25, -0.2) is 4.98 Å². The van der Waals surface area contributed by atoms with Crippen LogP contribution in [0.3, 0.4) is 0 Å². The monoisotopic (exact) mass is 490 g/mol. The third-order valence-electron chi connectivity index (χ3n) is 3.50. The molecular formula is C18H27IN4O2S. The highest BCUT2D eigenvalue weighted by atomic mass is 127. The lowest BCUT2D eigenvalue weighted by Gasteiger charge is -2.18. The first-order valence-corrected chi connectivity index (χ1v) is 9.21. The van der Waals surface area contributed by atoms with E-state index in [4.69, 9.17) is 9.47 Å². The number of nitrogens with zero attached hydrogens (tertiary/aromatic N) is 2. The molecule has 1 heterocycles. The van der Waals surface area contributed by atoms with Crippen LogP contribution in [-0.2, 0) is 13.0 Å². The van der Waals surface area contributed by atoms with Gasteiger partial charge in [0.1, 0.15) is 17.6 Å². The third-order valence-corrected chi connectivity index (χ3v) is 4.54. The molecule has 0 aliphatic heterocycles. The van der Waals surface area contributed by atoms with Crippen LogP contribution in [0.1, 0.15) is 24.5 Å². The van der Waals surface area contributed by atoms with Crippen molar-refractivity contribution in [2.45, 2.75) is 32.9 Å². The Labute approximate surface area is 176 Å². The zero-order chi connectivity index (χ0) is 18.1. The molecule has 0 aliphatic carbocycles. The average Bonchev–Trinajstić information content (AvgIpc) is 3.10. The van der Waals surface area contributed by atoms with Gasteiger partial charge in [-0.15, -0.1) is 35.3 Å². The minimum absolute atomic E-state index is 0. The molecule has 0 amide bonds. The Kier molecular flexibility index (Phi) is 10.3. The number of hydrogen-bond donors (Lipinski definition) is 2. The molecule has 144 valence electrons. The first kappa shape index (κ1) is 22.5. The number of hydrogen-bond acceptors (Lipinski definition) is 5. The highest BCUT2D eigenvalue weighted by Gasteiger charge is 2.07. The van der Waals surface area contributed by atoms with Crippen molar-refractivity contribution in [3.05, 3.63) is 40.3 Å². The number of aryl methyl sites for hydroxylation is 1. The van der Waals surface area contributed by atoms with Crippen molar-refractivity contribution in [3.63, 3.8) is 0 Å². The van der Waals surface area contributed by atoms with Gasteiger partial charge in [0.05, 0.1) is 30.9 Å². The van der Waals surface area contributed by atoms with Gasteiger partial charge < -0.3 is 20.1 Å². The molecule has 0 saturated heterocycles. The summed E-state index contributed by atoms with van der Waals surface area (Å²) in [4.78, 5) is 8.77. The molecule has 2 rings (SSSR count). The molecule has 1 aromatic heterocycles. The van der Waals surface area contributed by atoms with E-state index in [9.17, 15) is 0 Å². The SMILES string of the molecule is CCc1nc(CNC(=NC)NCC(C)Oc2cccc(OC)c2)cs1.I. The Balaban J connectivity index is 0.00000338. The maximum Gasteiger partial charge on any atom is 0.191 e. The summed E-state index contributed by atoms with van der Waals surface area (Å²) in [5.74, 6) is 2.29. The normalized spacial score (nSPS) is 12.1. The number of thiazole rings is 1. The van der Waals surface area contributed by atoms with Gasteiger partial charge in [0.15, 0.2) is 5.96 Å². The summed E-state index contributed by atoms with van der Waals surface area (Å²) in [6.07, 6.45) is 0.952. The first-order chi connectivity index (χ1) is 12.1. The van der Waals surface area contributed by atoms with Crippen molar-refractivity contribution >= 4 is 41.3 Å². The van der Waals surface area contributed by atoms with Crippen molar-refractivity contribution in [1.82, 2.24) is 15.6 Å². The molecule has 0 saturated carbocycles. The second-order valence-corrected chi connectivity index (χ2v) is 6.44. The second kappa shape index (κ2) is 11.9. The van der Waals surface area contributed by atoms with E-state index in [0.29, 0.717) is 13.1 Å². The minimum atomic E-state index is -0.0170. The van der Waals surface area contributed by atoms with E-state index >= 15 is 0 Å². The number of methoxy groups -OCH3 is 1. The summed E-state index contributed by atoms with van der Waals surface area (Å²) in [6.45, 7) is 5.41. The number of halogens is 1. The zero-order valence-electron chi connectivity index (χ0n) is 15.6. The van der Waals surface area contributed by atoms with Crippen LogP contribution >= 0.6 is 35.3 Å². The van der Waals surface area contributed by atoms with Gasteiger partial charge in [0.2, 0.25) is 0 Å². The molecule has 0 spiro atoms. The van der Waals surface area contributed by atoms with Gasteiger partial charge in [-0.2, -0.15) is 0 Å². The number of guanidine groups is 1. The van der Waals surface area contributed by atoms with E-state index < -0.39 is 0 Å². The average molecular weight is 490 g/mol. The van der Waals surface area contributed by atoms with Crippen LogP contribution < -0.4 is 20.1 Å². The molecule has 26 heavy (non-hydrogen) atoms. The molecule has 0 bridgehead atoms. The maximum atomic E-state index is 5.90. The number of rotatable bonds is 8. The van der Waals surface area contributed by atoms with E-state index in [1.807, 2.05) is 31.2 Å². The van der Waals surface area contributed by atoms with Crippen molar-refractivity contribution in [2.24, 2.45) is 4.99 Å². The Morgan fingerprint density at radius 3 is 2.73 bits per heavy atom. The summed E-state index contributed by atoms with van der Waals surface area (Å²) in [6, 6.07) is 7.59. The van der Waals surface area contributed by atoms with Crippen molar-refractivity contribution in [2.75, 3.05) is 20.7 Å². The Hall–Kier alpha value is -1.55. The van der Waals surface area contributed by atoms with Gasteiger partial charge >= 0.3 is 0 Å². The van der Waals surface area contributed by atoms with E-state index in [2.05, 4.69) is 32.9 Å². The predicted octanol–water partition coefficient (Wildman–Crippen LogP) is 3.46. The summed E-state index contributed by atoms with van der Waals surface area (Å²) >= 11 is 1.69. The lowest BCUT2D eigenvalue weighted by atomic mass is 10.3. The zero-order valence-corrected chi connectivity index (χ0v) is 18.8. The van der Waals surface area contributed by atoms with Crippen LogP contribution in [0.2, 0.25) is 0 Å². The number of ether oxygens (including phenoxy) is 2. The van der Waals surface area contributed by atoms with E-state index in [0.717, 1.165) is 34.6 Å². The molecule has 8 heteroatoms. The van der Waals surface area contributed by atoms with Gasteiger partial charge in [0, 0.05) is 18.5 Å². The highest BCUT2D eigenvalue weighted by molar-refractivity contribution is 14.0. The fourth-order valence-electron chi connectivity index (χ4n) is 2.18. The third kappa shape index (κ3) is 7.36. The topological polar surface area (TPSA) is 67.8 Å². The Morgan fingerprint density at radius 2 is 2.08 bits per heavy atom. The standard InChI is InChI=1S/C18H26N4O2S.HI/c1-5-17-22-14(12-25-17)11-21-18(19-3)20-10-13(2)24-16-8-6-7-15(9-16)23-4;/h6-9,12-13H,5,10-11H2,1-4H3,(H2,19,20,21);1H. The van der Waals surface area contributed by atoms with Crippen LogP contribution in [0, 0.1) is 0 Å². The lowest BCUT2D eigenvalue weighted by Crippen LogP contribution is -2.41. The van der Waals surface area contributed by atoms with E-state index in [1.165, 1.54) is 0 Å². The fourth-order valence-corrected chi connectivity index (χ4v) is 2.92. The predicted molar refractivity (Wildman–Crippen MR) is 118 cm³/mol. The van der Waals surface area contributed by atoms with Crippen LogP contribution in [0.15, 0.2) is 34.6 Å². The number of nitrogens with one attached hydrogen (secondary N) is 2. The minimum Gasteiger partial charge on any atom is -0.497 e. The van der Waals surface area contributed by atoms with E-state index in [-0.39, 0.29) is 30.1 Å². The molecule has 0 fully saturated rings. The molecule has 2 aromatic rings. The molecule has 6 nitrogen and oxygen atoms in total. The molecular weight excluding hydrogens is 463 g/mol. The largest absolute Gasteiger partial charge is 0.497 e. The van der Waals surface area contributed by atoms with Gasteiger partial charge in [-0.05, 0) is 25.5 Å². The van der Waals surface area contributed by atoms with Gasteiger partial charge in [-0.1, -0.05) is 13.0 Å².